The smallest absolute Gasteiger partial charge is 0.119 e. The quantitative estimate of drug-likeness (QED) is 0.642. The molecule has 0 radical (unpaired) electrons. The molecule has 1 aromatic rings. The first-order valence-electron chi connectivity index (χ1n) is 4.65. The summed E-state index contributed by atoms with van der Waals surface area (Å²) < 4.78 is 0. The van der Waals surface area contributed by atoms with Gasteiger partial charge >= 0.3 is 0 Å². The fourth-order valence-corrected chi connectivity index (χ4v) is 1.30. The molecular formula is C11H17NO2. The summed E-state index contributed by atoms with van der Waals surface area (Å²) in [5.74, 6) is 0.384. The summed E-state index contributed by atoms with van der Waals surface area (Å²) in [6.45, 7) is 4.59. The van der Waals surface area contributed by atoms with Crippen LogP contribution in [-0.4, -0.2) is 16.8 Å². The second kappa shape index (κ2) is 3.88. The van der Waals surface area contributed by atoms with E-state index in [2.05, 4.69) is 0 Å². The molecule has 0 heterocycles. The molecule has 0 aliphatic rings. The van der Waals surface area contributed by atoms with Crippen LogP contribution in [0.3, 0.4) is 0 Å². The molecule has 3 heteroatoms. The van der Waals surface area contributed by atoms with Crippen molar-refractivity contribution in [2.24, 2.45) is 11.1 Å². The molecule has 4 N–H and O–H groups in total. The molecule has 0 atom stereocenters. The highest BCUT2D eigenvalue weighted by Gasteiger charge is 2.18. The van der Waals surface area contributed by atoms with Gasteiger partial charge in [0, 0.05) is 0 Å². The van der Waals surface area contributed by atoms with Gasteiger partial charge in [-0.15, -0.1) is 0 Å². The third-order valence-electron chi connectivity index (χ3n) is 2.28. The highest BCUT2D eigenvalue weighted by atomic mass is 16.3. The van der Waals surface area contributed by atoms with Crippen molar-refractivity contribution in [3.63, 3.8) is 0 Å². The minimum Gasteiger partial charge on any atom is -0.508 e. The highest BCUT2D eigenvalue weighted by molar-refractivity contribution is 5.39. The van der Waals surface area contributed by atoms with Crippen molar-refractivity contribution < 1.29 is 10.2 Å². The van der Waals surface area contributed by atoms with Gasteiger partial charge in [0.15, 0.2) is 0 Å². The third kappa shape index (κ3) is 2.64. The summed E-state index contributed by atoms with van der Waals surface area (Å²) in [4.78, 5) is 0. The van der Waals surface area contributed by atoms with E-state index < -0.39 is 0 Å². The van der Waals surface area contributed by atoms with Crippen molar-refractivity contribution in [1.29, 1.82) is 0 Å². The maximum atomic E-state index is 9.54. The third-order valence-corrected chi connectivity index (χ3v) is 2.28. The fraction of sp³-hybridized carbons (Fsp3) is 0.455. The predicted octanol–water partition coefficient (Wildman–Crippen LogP) is 1.63. The number of rotatable bonds is 3. The van der Waals surface area contributed by atoms with Crippen molar-refractivity contribution in [2.45, 2.75) is 20.3 Å². The number of nitrogens with two attached hydrogens (primary N) is 1. The first kappa shape index (κ1) is 10.9. The van der Waals surface area contributed by atoms with E-state index in [4.69, 9.17) is 5.73 Å². The average Bonchev–Trinajstić information content (AvgIpc) is 2.11. The molecule has 1 aromatic carbocycles. The fourth-order valence-electron chi connectivity index (χ4n) is 1.30. The van der Waals surface area contributed by atoms with Crippen molar-refractivity contribution >= 4 is 0 Å². The lowest BCUT2D eigenvalue weighted by molar-refractivity contribution is 0.365. The predicted molar refractivity (Wildman–Crippen MR) is 56.3 cm³/mol. The van der Waals surface area contributed by atoms with Crippen LogP contribution in [0.15, 0.2) is 18.2 Å². The molecule has 0 bridgehead atoms. The van der Waals surface area contributed by atoms with Crippen LogP contribution in [0.5, 0.6) is 11.5 Å². The zero-order valence-electron chi connectivity index (χ0n) is 8.62. The van der Waals surface area contributed by atoms with E-state index >= 15 is 0 Å². The van der Waals surface area contributed by atoms with Crippen molar-refractivity contribution in [2.75, 3.05) is 6.54 Å². The van der Waals surface area contributed by atoms with Gasteiger partial charge in [-0.2, -0.15) is 0 Å². The van der Waals surface area contributed by atoms with E-state index in [-0.39, 0.29) is 16.9 Å². The van der Waals surface area contributed by atoms with Crippen molar-refractivity contribution in [1.82, 2.24) is 0 Å². The van der Waals surface area contributed by atoms with Gasteiger partial charge < -0.3 is 15.9 Å². The van der Waals surface area contributed by atoms with Crippen molar-refractivity contribution in [3.05, 3.63) is 23.8 Å². The summed E-state index contributed by atoms with van der Waals surface area (Å²) in [6, 6.07) is 4.54. The van der Waals surface area contributed by atoms with E-state index in [9.17, 15) is 10.2 Å². The molecule has 14 heavy (non-hydrogen) atoms. The molecule has 0 spiro atoms. The monoisotopic (exact) mass is 195 g/mol. The number of hydrogen-bond donors (Lipinski definition) is 3. The molecule has 0 aliphatic carbocycles. The van der Waals surface area contributed by atoms with Gasteiger partial charge in [0.25, 0.3) is 0 Å². The number of aromatic hydroxyl groups is 2. The molecule has 0 saturated carbocycles. The number of phenols is 2. The van der Waals surface area contributed by atoms with E-state index in [0.717, 1.165) is 5.56 Å². The number of benzene rings is 1. The summed E-state index contributed by atoms with van der Waals surface area (Å²) in [6.07, 6.45) is 0.656. The Balaban J connectivity index is 2.91. The Hall–Kier alpha value is -1.22. The molecule has 0 unspecified atom stereocenters. The van der Waals surface area contributed by atoms with E-state index in [1.54, 1.807) is 6.07 Å². The van der Waals surface area contributed by atoms with Crippen LogP contribution in [0.2, 0.25) is 0 Å². The molecule has 0 saturated heterocycles. The number of hydrogen-bond acceptors (Lipinski definition) is 3. The molecular weight excluding hydrogens is 178 g/mol. The Bertz CT molecular complexity index is 321. The largest absolute Gasteiger partial charge is 0.508 e. The summed E-state index contributed by atoms with van der Waals surface area (Å²) in [5.41, 5.74) is 6.27. The maximum absolute atomic E-state index is 9.54. The topological polar surface area (TPSA) is 66.5 Å². The Kier molecular flexibility index (Phi) is 3.01. The molecule has 78 valence electrons. The molecule has 0 aliphatic heterocycles. The van der Waals surface area contributed by atoms with Crippen LogP contribution in [0.25, 0.3) is 0 Å². The van der Waals surface area contributed by atoms with E-state index in [1.807, 2.05) is 13.8 Å². The molecule has 0 fully saturated rings. The minimum absolute atomic E-state index is 0.0642. The number of phenolic OH excluding ortho intramolecular Hbond substituents is 2. The van der Waals surface area contributed by atoms with Gasteiger partial charge in [-0.1, -0.05) is 13.8 Å². The van der Waals surface area contributed by atoms with Crippen molar-refractivity contribution in [3.8, 4) is 11.5 Å². The summed E-state index contributed by atoms with van der Waals surface area (Å²) >= 11 is 0. The lowest BCUT2D eigenvalue weighted by atomic mass is 9.85. The van der Waals surface area contributed by atoms with Crippen LogP contribution in [0, 0.1) is 5.41 Å². The zero-order valence-corrected chi connectivity index (χ0v) is 8.62. The summed E-state index contributed by atoms with van der Waals surface area (Å²) in [5, 5.41) is 18.8. The van der Waals surface area contributed by atoms with E-state index in [0.29, 0.717) is 13.0 Å². The first-order chi connectivity index (χ1) is 6.44. The zero-order chi connectivity index (χ0) is 10.8. The second-order valence-electron chi connectivity index (χ2n) is 4.36. The summed E-state index contributed by atoms with van der Waals surface area (Å²) in [7, 11) is 0. The molecule has 0 amide bonds. The van der Waals surface area contributed by atoms with Gasteiger partial charge in [-0.3, -0.25) is 0 Å². The second-order valence-corrected chi connectivity index (χ2v) is 4.36. The Morgan fingerprint density at radius 2 is 1.93 bits per heavy atom. The van der Waals surface area contributed by atoms with E-state index in [1.165, 1.54) is 12.1 Å². The lowest BCUT2D eigenvalue weighted by Gasteiger charge is -2.22. The standard InChI is InChI=1S/C11H17NO2/c1-11(2,7-12)6-8-5-9(13)3-4-10(8)14/h3-5,13-14H,6-7,12H2,1-2H3. The average molecular weight is 195 g/mol. The van der Waals surface area contributed by atoms with Crippen LogP contribution >= 0.6 is 0 Å². The highest BCUT2D eigenvalue weighted by Crippen LogP contribution is 2.28. The Labute approximate surface area is 84.2 Å². The Morgan fingerprint density at radius 3 is 2.50 bits per heavy atom. The van der Waals surface area contributed by atoms with Gasteiger partial charge in [-0.25, -0.2) is 0 Å². The molecule has 1 rings (SSSR count). The minimum atomic E-state index is -0.0642. The molecule has 0 aromatic heterocycles. The SMILES string of the molecule is CC(C)(CN)Cc1cc(O)ccc1O. The van der Waals surface area contributed by atoms with Crippen LogP contribution in [-0.2, 0) is 6.42 Å². The maximum Gasteiger partial charge on any atom is 0.119 e. The van der Waals surface area contributed by atoms with Crippen LogP contribution < -0.4 is 5.73 Å². The first-order valence-corrected chi connectivity index (χ1v) is 4.65. The van der Waals surface area contributed by atoms with Gasteiger partial charge in [0.2, 0.25) is 0 Å². The van der Waals surface area contributed by atoms with Gasteiger partial charge in [0.1, 0.15) is 11.5 Å². The van der Waals surface area contributed by atoms with Crippen LogP contribution in [0.1, 0.15) is 19.4 Å². The Morgan fingerprint density at radius 1 is 1.29 bits per heavy atom. The normalized spacial score (nSPS) is 11.6. The lowest BCUT2D eigenvalue weighted by Crippen LogP contribution is -2.25. The van der Waals surface area contributed by atoms with Gasteiger partial charge in [-0.05, 0) is 42.1 Å². The van der Waals surface area contributed by atoms with Crippen LogP contribution in [0.4, 0.5) is 0 Å². The van der Waals surface area contributed by atoms with Gasteiger partial charge in [0.05, 0.1) is 0 Å². The molecule has 3 nitrogen and oxygen atoms in total.